The number of hydrogen-bond acceptors (Lipinski definition) is 2. The number of anilines is 1. The van der Waals surface area contributed by atoms with E-state index in [4.69, 9.17) is 4.74 Å². The summed E-state index contributed by atoms with van der Waals surface area (Å²) in [6.45, 7) is 6.77. The Morgan fingerprint density at radius 2 is 1.81 bits per heavy atom. The molecule has 1 aromatic rings. The highest BCUT2D eigenvalue weighted by Gasteiger charge is 2.45. The lowest BCUT2D eigenvalue weighted by Crippen LogP contribution is -2.45. The third kappa shape index (κ3) is 2.62. The molecule has 0 spiro atoms. The second kappa shape index (κ2) is 5.17. The molecule has 0 N–H and O–H groups in total. The van der Waals surface area contributed by atoms with E-state index in [1.54, 1.807) is 0 Å². The summed E-state index contributed by atoms with van der Waals surface area (Å²) >= 11 is 0. The lowest BCUT2D eigenvalue weighted by molar-refractivity contribution is -0.166. The molecule has 0 radical (unpaired) electrons. The Morgan fingerprint density at radius 3 is 2.43 bits per heavy atom. The number of benzene rings is 1. The standard InChI is InChI=1S/C19H27NO/c1-13-6-9-15-12-17(13)18(21-19(15,2)3)14-7-10-16(11-8-14)20(4)5/h6-8,10-11,15,17-18H,9,12H2,1-5H3/t15-,17+,18-/m1/s1. The van der Waals surface area contributed by atoms with Crippen molar-refractivity contribution < 1.29 is 4.74 Å². The molecule has 1 aliphatic carbocycles. The fraction of sp³-hybridized carbons (Fsp3) is 0.579. The smallest absolute Gasteiger partial charge is 0.0897 e. The number of hydrogen-bond donors (Lipinski definition) is 0. The highest BCUT2D eigenvalue weighted by atomic mass is 16.5. The fourth-order valence-corrected chi connectivity index (χ4v) is 3.77. The third-order valence-corrected chi connectivity index (χ3v) is 5.37. The van der Waals surface area contributed by atoms with Crippen molar-refractivity contribution in [2.24, 2.45) is 11.8 Å². The molecular formula is C19H27NO. The first kappa shape index (κ1) is 14.6. The zero-order chi connectivity index (χ0) is 15.2. The van der Waals surface area contributed by atoms with Crippen LogP contribution in [0.1, 0.15) is 45.3 Å². The van der Waals surface area contributed by atoms with Crippen LogP contribution in [-0.4, -0.2) is 19.7 Å². The second-order valence-corrected chi connectivity index (χ2v) is 7.35. The monoisotopic (exact) mass is 285 g/mol. The topological polar surface area (TPSA) is 12.5 Å². The van der Waals surface area contributed by atoms with Gasteiger partial charge < -0.3 is 9.64 Å². The van der Waals surface area contributed by atoms with E-state index in [-0.39, 0.29) is 11.7 Å². The van der Waals surface area contributed by atoms with Gasteiger partial charge in [0.25, 0.3) is 0 Å². The molecule has 1 saturated heterocycles. The van der Waals surface area contributed by atoms with E-state index in [0.717, 1.165) is 0 Å². The van der Waals surface area contributed by atoms with Crippen LogP contribution in [0, 0.1) is 11.8 Å². The van der Waals surface area contributed by atoms with Gasteiger partial charge in [-0.25, -0.2) is 0 Å². The minimum absolute atomic E-state index is 0.0292. The van der Waals surface area contributed by atoms with Crippen LogP contribution in [0.3, 0.4) is 0 Å². The molecule has 3 atom stereocenters. The zero-order valence-corrected chi connectivity index (χ0v) is 13.9. The van der Waals surface area contributed by atoms with E-state index in [1.165, 1.54) is 29.7 Å². The van der Waals surface area contributed by atoms with Crippen molar-refractivity contribution >= 4 is 5.69 Å². The van der Waals surface area contributed by atoms with Crippen LogP contribution < -0.4 is 4.90 Å². The predicted molar refractivity (Wildman–Crippen MR) is 88.6 cm³/mol. The van der Waals surface area contributed by atoms with Crippen LogP contribution in [0.15, 0.2) is 35.9 Å². The first-order chi connectivity index (χ1) is 9.88. The van der Waals surface area contributed by atoms with E-state index in [0.29, 0.717) is 11.8 Å². The van der Waals surface area contributed by atoms with Crippen LogP contribution in [0.2, 0.25) is 0 Å². The molecule has 1 heterocycles. The molecule has 114 valence electrons. The normalized spacial score (nSPS) is 30.7. The first-order valence-corrected chi connectivity index (χ1v) is 8.00. The van der Waals surface area contributed by atoms with Gasteiger partial charge >= 0.3 is 0 Å². The minimum Gasteiger partial charge on any atom is -0.378 e. The van der Waals surface area contributed by atoms with Gasteiger partial charge in [-0.15, -0.1) is 0 Å². The Hall–Kier alpha value is -1.28. The van der Waals surface area contributed by atoms with Crippen molar-refractivity contribution in [3.63, 3.8) is 0 Å². The van der Waals surface area contributed by atoms with Crippen molar-refractivity contribution in [1.82, 2.24) is 0 Å². The van der Waals surface area contributed by atoms with E-state index >= 15 is 0 Å². The van der Waals surface area contributed by atoms with Crippen LogP contribution in [0.5, 0.6) is 0 Å². The average Bonchev–Trinajstić information content (AvgIpc) is 2.45. The zero-order valence-electron chi connectivity index (χ0n) is 13.9. The fourth-order valence-electron chi connectivity index (χ4n) is 3.77. The Labute approximate surface area is 128 Å². The Balaban J connectivity index is 1.92. The summed E-state index contributed by atoms with van der Waals surface area (Å²) in [4.78, 5) is 2.14. The molecule has 0 unspecified atom stereocenters. The van der Waals surface area contributed by atoms with Gasteiger partial charge in [0.2, 0.25) is 0 Å². The van der Waals surface area contributed by atoms with E-state index in [2.05, 4.69) is 70.1 Å². The summed E-state index contributed by atoms with van der Waals surface area (Å²) in [5.74, 6) is 1.20. The summed E-state index contributed by atoms with van der Waals surface area (Å²) in [5, 5.41) is 0. The van der Waals surface area contributed by atoms with Crippen LogP contribution in [-0.2, 0) is 4.74 Å². The summed E-state index contributed by atoms with van der Waals surface area (Å²) in [7, 11) is 4.15. The molecule has 1 fully saturated rings. The van der Waals surface area contributed by atoms with Crippen molar-refractivity contribution in [2.45, 2.75) is 45.3 Å². The average molecular weight is 285 g/mol. The molecular weight excluding hydrogens is 258 g/mol. The largest absolute Gasteiger partial charge is 0.378 e. The van der Waals surface area contributed by atoms with Crippen LogP contribution >= 0.6 is 0 Å². The number of rotatable bonds is 2. The van der Waals surface area contributed by atoms with Crippen LogP contribution in [0.4, 0.5) is 5.69 Å². The Bertz CT molecular complexity index is 541. The molecule has 0 amide bonds. The molecule has 21 heavy (non-hydrogen) atoms. The maximum Gasteiger partial charge on any atom is 0.0897 e. The molecule has 2 bridgehead atoms. The van der Waals surface area contributed by atoms with Crippen molar-refractivity contribution in [3.05, 3.63) is 41.5 Å². The van der Waals surface area contributed by atoms with Gasteiger partial charge in [-0.2, -0.15) is 0 Å². The van der Waals surface area contributed by atoms with Gasteiger partial charge in [0, 0.05) is 25.7 Å². The van der Waals surface area contributed by atoms with E-state index < -0.39 is 0 Å². The van der Waals surface area contributed by atoms with E-state index in [9.17, 15) is 0 Å². The number of allylic oxidation sites excluding steroid dienone is 1. The number of nitrogens with zero attached hydrogens (tertiary/aromatic N) is 1. The van der Waals surface area contributed by atoms with Gasteiger partial charge in [0.05, 0.1) is 11.7 Å². The van der Waals surface area contributed by atoms with Crippen LogP contribution in [0.25, 0.3) is 0 Å². The van der Waals surface area contributed by atoms with Crippen molar-refractivity contribution in [2.75, 3.05) is 19.0 Å². The molecule has 2 nitrogen and oxygen atoms in total. The molecule has 0 saturated carbocycles. The third-order valence-electron chi connectivity index (χ3n) is 5.37. The Morgan fingerprint density at radius 1 is 1.14 bits per heavy atom. The molecule has 3 rings (SSSR count). The number of fused-ring (bicyclic) bond motifs is 2. The molecule has 2 heteroatoms. The maximum absolute atomic E-state index is 6.54. The van der Waals surface area contributed by atoms with E-state index in [1.807, 2.05) is 0 Å². The summed E-state index contributed by atoms with van der Waals surface area (Å²) in [6.07, 6.45) is 5.06. The highest BCUT2D eigenvalue weighted by Crippen LogP contribution is 2.50. The van der Waals surface area contributed by atoms with Crippen molar-refractivity contribution in [1.29, 1.82) is 0 Å². The molecule has 2 aliphatic rings. The van der Waals surface area contributed by atoms with Gasteiger partial charge in [-0.3, -0.25) is 0 Å². The lowest BCUT2D eigenvalue weighted by Gasteiger charge is -2.49. The second-order valence-electron chi connectivity index (χ2n) is 7.35. The summed E-state index contributed by atoms with van der Waals surface area (Å²) in [5.41, 5.74) is 4.02. The lowest BCUT2D eigenvalue weighted by atomic mass is 9.69. The number of ether oxygens (including phenoxy) is 1. The van der Waals surface area contributed by atoms with Crippen molar-refractivity contribution in [3.8, 4) is 0 Å². The first-order valence-electron chi connectivity index (χ1n) is 8.00. The SMILES string of the molecule is CC1=CC[C@@H]2C[C@@H]1[C@@H](c1ccc(N(C)C)cc1)OC2(C)C. The maximum atomic E-state index is 6.54. The predicted octanol–water partition coefficient (Wildman–Crippen LogP) is 4.58. The quantitative estimate of drug-likeness (QED) is 0.738. The van der Waals surface area contributed by atoms with Gasteiger partial charge in [-0.1, -0.05) is 23.8 Å². The molecule has 0 aromatic heterocycles. The highest BCUT2D eigenvalue weighted by molar-refractivity contribution is 5.46. The van der Waals surface area contributed by atoms with Gasteiger partial charge in [0.1, 0.15) is 0 Å². The van der Waals surface area contributed by atoms with Gasteiger partial charge in [0.15, 0.2) is 0 Å². The molecule has 1 aromatic carbocycles. The summed E-state index contributed by atoms with van der Waals surface area (Å²) in [6, 6.07) is 8.86. The molecule has 1 aliphatic heterocycles. The summed E-state index contributed by atoms with van der Waals surface area (Å²) < 4.78 is 6.54. The van der Waals surface area contributed by atoms with Gasteiger partial charge in [-0.05, 0) is 57.2 Å². The Kier molecular flexibility index (Phi) is 3.61. The minimum atomic E-state index is -0.0292.